The highest BCUT2D eigenvalue weighted by Crippen LogP contribution is 2.18. The number of esters is 1. The van der Waals surface area contributed by atoms with Crippen LogP contribution < -0.4 is 0 Å². The first-order valence-electron chi connectivity index (χ1n) is 18.1. The van der Waals surface area contributed by atoms with Crippen molar-refractivity contribution in [2.75, 3.05) is 0 Å². The Morgan fingerprint density at radius 3 is 1.44 bits per heavy atom. The van der Waals surface area contributed by atoms with Gasteiger partial charge in [-0.15, -0.1) is 0 Å². The molecule has 1 atom stereocenters. The van der Waals surface area contributed by atoms with Gasteiger partial charge < -0.3 is 9.84 Å². The van der Waals surface area contributed by atoms with Crippen LogP contribution in [0.2, 0.25) is 0 Å². The normalized spacial score (nSPS) is 12.8. The van der Waals surface area contributed by atoms with Gasteiger partial charge >= 0.3 is 11.9 Å². The number of carboxylic acid groups (broad SMARTS) is 1. The van der Waals surface area contributed by atoms with Gasteiger partial charge in [0.1, 0.15) is 6.10 Å². The van der Waals surface area contributed by atoms with E-state index in [0.29, 0.717) is 6.42 Å². The van der Waals surface area contributed by atoms with Crippen molar-refractivity contribution in [2.24, 2.45) is 0 Å². The van der Waals surface area contributed by atoms with Gasteiger partial charge in [0.15, 0.2) is 0 Å². The van der Waals surface area contributed by atoms with Crippen molar-refractivity contribution in [3.05, 3.63) is 48.6 Å². The van der Waals surface area contributed by atoms with E-state index in [0.717, 1.165) is 89.9 Å². The van der Waals surface area contributed by atoms with Crippen LogP contribution >= 0.6 is 0 Å². The molecule has 0 aromatic carbocycles. The highest BCUT2D eigenvalue weighted by atomic mass is 16.5. The summed E-state index contributed by atoms with van der Waals surface area (Å²) in [6.07, 6.45) is 45.7. The third-order valence-corrected chi connectivity index (χ3v) is 7.80. The molecule has 0 radical (unpaired) electrons. The molecule has 0 fully saturated rings. The lowest BCUT2D eigenvalue weighted by molar-refractivity contribution is -0.150. The van der Waals surface area contributed by atoms with Gasteiger partial charge in [0.2, 0.25) is 0 Å². The van der Waals surface area contributed by atoms with E-state index in [2.05, 4.69) is 62.5 Å². The minimum absolute atomic E-state index is 0.0170. The van der Waals surface area contributed by atoms with Crippen molar-refractivity contribution >= 4 is 11.9 Å². The van der Waals surface area contributed by atoms with Crippen LogP contribution in [0, 0.1) is 0 Å². The lowest BCUT2D eigenvalue weighted by atomic mass is 10.0. The molecule has 0 heterocycles. The molecule has 0 aliphatic carbocycles. The lowest BCUT2D eigenvalue weighted by Gasteiger charge is -2.18. The quantitative estimate of drug-likeness (QED) is 0.0474. The number of hydrogen-bond donors (Lipinski definition) is 1. The molecule has 0 saturated carbocycles. The highest BCUT2D eigenvalue weighted by Gasteiger charge is 2.14. The van der Waals surface area contributed by atoms with E-state index in [4.69, 9.17) is 9.84 Å². The van der Waals surface area contributed by atoms with Crippen LogP contribution in [0.25, 0.3) is 0 Å². The largest absolute Gasteiger partial charge is 0.481 e. The van der Waals surface area contributed by atoms with Crippen molar-refractivity contribution in [2.45, 2.75) is 187 Å². The van der Waals surface area contributed by atoms with Crippen molar-refractivity contribution in [3.63, 3.8) is 0 Å². The number of carbonyl (C=O) groups is 2. The fraction of sp³-hybridized carbons (Fsp3) is 0.744. The molecule has 4 heteroatoms. The number of unbranched alkanes of at least 4 members (excludes halogenated alkanes) is 15. The summed E-state index contributed by atoms with van der Waals surface area (Å²) in [6, 6.07) is 0. The molecule has 0 aliphatic rings. The lowest BCUT2D eigenvalue weighted by Crippen LogP contribution is -2.18. The van der Waals surface area contributed by atoms with Crippen molar-refractivity contribution in [1.82, 2.24) is 0 Å². The van der Waals surface area contributed by atoms with Crippen LogP contribution in [-0.4, -0.2) is 23.1 Å². The predicted molar refractivity (Wildman–Crippen MR) is 185 cm³/mol. The molecular weight excluding hydrogens is 532 g/mol. The zero-order valence-electron chi connectivity index (χ0n) is 28.3. The van der Waals surface area contributed by atoms with Gasteiger partial charge in [0.05, 0.1) is 0 Å². The number of carbonyl (C=O) groups excluding carboxylic acids is 1. The fourth-order valence-corrected chi connectivity index (χ4v) is 5.11. The SMILES string of the molecule is CCCCC/C=C\C/C=C\C/C=C\C/C=C\CCCCCC(=O)OC(CCCCCC)CCCCCCCCCC(=O)O. The Hall–Kier alpha value is -2.10. The zero-order chi connectivity index (χ0) is 31.5. The van der Waals surface area contributed by atoms with Crippen LogP contribution in [0.15, 0.2) is 48.6 Å². The maximum atomic E-state index is 12.5. The Morgan fingerprint density at radius 1 is 0.512 bits per heavy atom. The molecule has 0 aliphatic heterocycles. The van der Waals surface area contributed by atoms with E-state index in [-0.39, 0.29) is 18.5 Å². The average molecular weight is 601 g/mol. The van der Waals surface area contributed by atoms with E-state index in [9.17, 15) is 9.59 Å². The summed E-state index contributed by atoms with van der Waals surface area (Å²) >= 11 is 0. The Labute approximate surface area is 266 Å². The van der Waals surface area contributed by atoms with Crippen molar-refractivity contribution in [3.8, 4) is 0 Å². The second kappa shape index (κ2) is 34.4. The molecule has 1 unspecified atom stereocenters. The maximum Gasteiger partial charge on any atom is 0.306 e. The standard InChI is InChI=1S/C39H68O4/c1-3-5-7-9-10-11-12-13-14-15-16-17-18-19-20-21-25-28-32-36-39(42)43-37(33-29-8-6-4-2)34-30-26-23-22-24-27-31-35-38(40)41/h10-11,13-14,16-17,19-20,37H,3-9,12,15,18,21-36H2,1-2H3,(H,40,41)/b11-10-,14-13-,17-16-,20-19-. The summed E-state index contributed by atoms with van der Waals surface area (Å²) in [5.41, 5.74) is 0. The van der Waals surface area contributed by atoms with Gasteiger partial charge in [-0.3, -0.25) is 9.59 Å². The molecule has 0 saturated heterocycles. The third kappa shape index (κ3) is 34.3. The molecule has 43 heavy (non-hydrogen) atoms. The smallest absolute Gasteiger partial charge is 0.306 e. The molecule has 4 nitrogen and oxygen atoms in total. The van der Waals surface area contributed by atoms with Crippen molar-refractivity contribution < 1.29 is 19.4 Å². The average Bonchev–Trinajstić information content (AvgIpc) is 2.99. The number of ether oxygens (including phenoxy) is 1. The minimum atomic E-state index is -0.693. The van der Waals surface area contributed by atoms with E-state index in [1.165, 1.54) is 64.2 Å². The topological polar surface area (TPSA) is 63.6 Å². The molecule has 0 aromatic rings. The Balaban J connectivity index is 3.91. The van der Waals surface area contributed by atoms with Crippen LogP contribution in [-0.2, 0) is 14.3 Å². The summed E-state index contributed by atoms with van der Waals surface area (Å²) in [7, 11) is 0. The summed E-state index contributed by atoms with van der Waals surface area (Å²) in [4.78, 5) is 23.1. The number of aliphatic carboxylic acids is 1. The van der Waals surface area contributed by atoms with Crippen LogP contribution in [0.1, 0.15) is 181 Å². The second-order valence-corrected chi connectivity index (χ2v) is 12.1. The van der Waals surface area contributed by atoms with E-state index < -0.39 is 5.97 Å². The molecule has 0 rings (SSSR count). The third-order valence-electron chi connectivity index (χ3n) is 7.80. The molecule has 0 bridgehead atoms. The van der Waals surface area contributed by atoms with Gasteiger partial charge in [0.25, 0.3) is 0 Å². The first kappa shape index (κ1) is 40.9. The summed E-state index contributed by atoms with van der Waals surface area (Å²) in [5.74, 6) is -0.710. The minimum Gasteiger partial charge on any atom is -0.481 e. The van der Waals surface area contributed by atoms with E-state index >= 15 is 0 Å². The molecule has 248 valence electrons. The number of rotatable bonds is 32. The Kier molecular flexibility index (Phi) is 32.7. The summed E-state index contributed by atoms with van der Waals surface area (Å²) < 4.78 is 5.93. The first-order valence-corrected chi connectivity index (χ1v) is 18.1. The molecule has 1 N–H and O–H groups in total. The Morgan fingerprint density at radius 2 is 0.907 bits per heavy atom. The van der Waals surface area contributed by atoms with E-state index in [1.807, 2.05) is 0 Å². The summed E-state index contributed by atoms with van der Waals surface area (Å²) in [6.45, 7) is 4.47. The monoisotopic (exact) mass is 601 g/mol. The van der Waals surface area contributed by atoms with E-state index in [1.54, 1.807) is 0 Å². The van der Waals surface area contributed by atoms with Crippen molar-refractivity contribution in [1.29, 1.82) is 0 Å². The van der Waals surface area contributed by atoms with Gasteiger partial charge in [-0.1, -0.05) is 133 Å². The van der Waals surface area contributed by atoms with Gasteiger partial charge in [-0.25, -0.2) is 0 Å². The summed E-state index contributed by atoms with van der Waals surface area (Å²) in [5, 5.41) is 8.71. The molecule has 0 amide bonds. The molecular formula is C39H68O4. The number of carboxylic acids is 1. The van der Waals surface area contributed by atoms with Gasteiger partial charge in [-0.2, -0.15) is 0 Å². The van der Waals surface area contributed by atoms with Crippen LogP contribution in [0.5, 0.6) is 0 Å². The second-order valence-electron chi connectivity index (χ2n) is 12.1. The highest BCUT2D eigenvalue weighted by molar-refractivity contribution is 5.69. The zero-order valence-corrected chi connectivity index (χ0v) is 28.3. The number of hydrogen-bond acceptors (Lipinski definition) is 3. The fourth-order valence-electron chi connectivity index (χ4n) is 5.11. The van der Waals surface area contributed by atoms with Crippen LogP contribution in [0.4, 0.5) is 0 Å². The maximum absolute atomic E-state index is 12.5. The van der Waals surface area contributed by atoms with Crippen LogP contribution in [0.3, 0.4) is 0 Å². The first-order chi connectivity index (χ1) is 21.1. The Bertz CT molecular complexity index is 734. The predicted octanol–water partition coefficient (Wildman–Crippen LogP) is 12.4. The van der Waals surface area contributed by atoms with Gasteiger partial charge in [0, 0.05) is 12.8 Å². The molecule has 0 aromatic heterocycles. The van der Waals surface area contributed by atoms with Gasteiger partial charge in [-0.05, 0) is 83.5 Å². The number of allylic oxidation sites excluding steroid dienone is 8. The molecule has 0 spiro atoms.